The van der Waals surface area contributed by atoms with Gasteiger partial charge in [-0.2, -0.15) is 0 Å². The van der Waals surface area contributed by atoms with Gasteiger partial charge in [0.15, 0.2) is 0 Å². The summed E-state index contributed by atoms with van der Waals surface area (Å²) in [5.74, 6) is -1.02. The first-order valence-electron chi connectivity index (χ1n) is 8.76. The molecule has 1 atom stereocenters. The van der Waals surface area contributed by atoms with Crippen LogP contribution in [0.15, 0.2) is 54.6 Å². The molecule has 0 aliphatic carbocycles. The van der Waals surface area contributed by atoms with Gasteiger partial charge in [-0.3, -0.25) is 14.4 Å². The maximum atomic E-state index is 12.6. The van der Waals surface area contributed by atoms with Crippen molar-refractivity contribution in [3.8, 4) is 0 Å². The highest BCUT2D eigenvalue weighted by Gasteiger charge is 2.22. The fourth-order valence-electron chi connectivity index (χ4n) is 2.39. The fourth-order valence-corrected chi connectivity index (χ4v) is 2.39. The zero-order valence-corrected chi connectivity index (χ0v) is 16.0. The molecule has 2 rings (SSSR count). The van der Waals surface area contributed by atoms with Crippen molar-refractivity contribution in [1.29, 1.82) is 0 Å². The first-order chi connectivity index (χ1) is 12.7. The molecule has 0 spiro atoms. The largest absolute Gasteiger partial charge is 0.350 e. The Labute approximate surface area is 159 Å². The van der Waals surface area contributed by atoms with E-state index in [4.69, 9.17) is 0 Å². The molecule has 0 radical (unpaired) electrons. The lowest BCUT2D eigenvalue weighted by Gasteiger charge is -2.24. The summed E-state index contributed by atoms with van der Waals surface area (Å²) < 4.78 is 0. The standard InChI is InChI=1S/C21H25N3O3/c1-14(18(25)24-21(2,3)4)22-20(27)16-12-8-9-13-17(16)23-19(26)15-10-6-5-7-11-15/h5-14H,1-4H3,(H,22,27)(H,23,26)(H,24,25). The molecule has 0 aliphatic heterocycles. The molecule has 0 heterocycles. The topological polar surface area (TPSA) is 87.3 Å². The second kappa shape index (κ2) is 8.49. The van der Waals surface area contributed by atoms with Gasteiger partial charge in [0.05, 0.1) is 11.3 Å². The van der Waals surface area contributed by atoms with Gasteiger partial charge in [-0.05, 0) is 52.0 Å². The minimum Gasteiger partial charge on any atom is -0.350 e. The van der Waals surface area contributed by atoms with Crippen LogP contribution in [0.4, 0.5) is 5.69 Å². The summed E-state index contributed by atoms with van der Waals surface area (Å²) in [5.41, 5.74) is 0.771. The predicted octanol–water partition coefficient (Wildman–Crippen LogP) is 2.97. The van der Waals surface area contributed by atoms with E-state index in [-0.39, 0.29) is 17.4 Å². The second-order valence-corrected chi connectivity index (χ2v) is 7.30. The molecular weight excluding hydrogens is 342 g/mol. The first kappa shape index (κ1) is 20.2. The van der Waals surface area contributed by atoms with E-state index in [9.17, 15) is 14.4 Å². The Morgan fingerprint density at radius 1 is 0.852 bits per heavy atom. The number of amides is 3. The van der Waals surface area contributed by atoms with Crippen LogP contribution in [0.2, 0.25) is 0 Å². The summed E-state index contributed by atoms with van der Waals surface area (Å²) in [6.45, 7) is 7.22. The van der Waals surface area contributed by atoms with Crippen LogP contribution < -0.4 is 16.0 Å². The number of benzene rings is 2. The van der Waals surface area contributed by atoms with Gasteiger partial charge >= 0.3 is 0 Å². The van der Waals surface area contributed by atoms with Crippen LogP contribution >= 0.6 is 0 Å². The van der Waals surface area contributed by atoms with E-state index in [0.29, 0.717) is 11.3 Å². The molecule has 6 nitrogen and oxygen atoms in total. The van der Waals surface area contributed by atoms with Crippen molar-refractivity contribution in [3.05, 3.63) is 65.7 Å². The summed E-state index contributed by atoms with van der Waals surface area (Å²) in [6, 6.07) is 14.7. The molecule has 142 valence electrons. The van der Waals surface area contributed by atoms with Crippen molar-refractivity contribution >= 4 is 23.4 Å². The number of carbonyl (C=O) groups is 3. The van der Waals surface area contributed by atoms with Crippen LogP contribution in [-0.4, -0.2) is 29.3 Å². The summed E-state index contributed by atoms with van der Waals surface area (Å²) in [5, 5.41) is 8.24. The van der Waals surface area contributed by atoms with Crippen LogP contribution in [-0.2, 0) is 4.79 Å². The highest BCUT2D eigenvalue weighted by molar-refractivity contribution is 6.09. The van der Waals surface area contributed by atoms with E-state index in [1.54, 1.807) is 55.5 Å². The van der Waals surface area contributed by atoms with Crippen molar-refractivity contribution in [2.75, 3.05) is 5.32 Å². The number of hydrogen-bond donors (Lipinski definition) is 3. The van der Waals surface area contributed by atoms with Crippen LogP contribution in [0.25, 0.3) is 0 Å². The third kappa shape index (κ3) is 5.95. The Balaban J connectivity index is 2.11. The Morgan fingerprint density at radius 3 is 2.07 bits per heavy atom. The highest BCUT2D eigenvalue weighted by atomic mass is 16.2. The molecule has 0 saturated heterocycles. The molecule has 0 aliphatic rings. The number of hydrogen-bond acceptors (Lipinski definition) is 3. The minimum absolute atomic E-state index is 0.276. The van der Waals surface area contributed by atoms with Crippen LogP contribution in [0.3, 0.4) is 0 Å². The Morgan fingerprint density at radius 2 is 1.44 bits per heavy atom. The zero-order chi connectivity index (χ0) is 20.0. The third-order valence-corrected chi connectivity index (χ3v) is 3.69. The molecule has 3 amide bonds. The average Bonchev–Trinajstić information content (AvgIpc) is 2.61. The predicted molar refractivity (Wildman–Crippen MR) is 106 cm³/mol. The molecule has 0 fully saturated rings. The highest BCUT2D eigenvalue weighted by Crippen LogP contribution is 2.16. The lowest BCUT2D eigenvalue weighted by atomic mass is 10.1. The zero-order valence-electron chi connectivity index (χ0n) is 16.0. The number of anilines is 1. The molecule has 2 aromatic carbocycles. The van der Waals surface area contributed by atoms with Crippen molar-refractivity contribution in [2.24, 2.45) is 0 Å². The first-order valence-corrected chi connectivity index (χ1v) is 8.76. The quantitative estimate of drug-likeness (QED) is 0.759. The van der Waals surface area contributed by atoms with E-state index in [0.717, 1.165) is 0 Å². The molecular formula is C21H25N3O3. The van der Waals surface area contributed by atoms with E-state index < -0.39 is 17.5 Å². The van der Waals surface area contributed by atoms with E-state index in [2.05, 4.69) is 16.0 Å². The number of nitrogens with one attached hydrogen (secondary N) is 3. The summed E-state index contributed by atoms with van der Waals surface area (Å²) in [7, 11) is 0. The van der Waals surface area contributed by atoms with Crippen molar-refractivity contribution in [1.82, 2.24) is 10.6 Å². The second-order valence-electron chi connectivity index (χ2n) is 7.30. The molecule has 3 N–H and O–H groups in total. The van der Waals surface area contributed by atoms with Gasteiger partial charge in [0.1, 0.15) is 6.04 Å². The summed E-state index contributed by atoms with van der Waals surface area (Å²) in [4.78, 5) is 37.2. The number of carbonyl (C=O) groups excluding carboxylic acids is 3. The molecule has 0 aromatic heterocycles. The van der Waals surface area contributed by atoms with Crippen LogP contribution in [0.1, 0.15) is 48.4 Å². The van der Waals surface area contributed by atoms with Crippen molar-refractivity contribution < 1.29 is 14.4 Å². The minimum atomic E-state index is -0.713. The average molecular weight is 367 g/mol. The van der Waals surface area contributed by atoms with Gasteiger partial charge in [-0.25, -0.2) is 0 Å². The molecule has 6 heteroatoms. The van der Waals surface area contributed by atoms with Gasteiger partial charge < -0.3 is 16.0 Å². The lowest BCUT2D eigenvalue weighted by molar-refractivity contribution is -0.124. The smallest absolute Gasteiger partial charge is 0.255 e. The third-order valence-electron chi connectivity index (χ3n) is 3.69. The monoisotopic (exact) mass is 367 g/mol. The van der Waals surface area contributed by atoms with Crippen molar-refractivity contribution in [3.63, 3.8) is 0 Å². The molecule has 2 aromatic rings. The Kier molecular flexibility index (Phi) is 6.34. The normalized spacial score (nSPS) is 12.0. The van der Waals surface area contributed by atoms with Gasteiger partial charge in [0.2, 0.25) is 5.91 Å². The van der Waals surface area contributed by atoms with Crippen LogP contribution in [0, 0.1) is 0 Å². The summed E-state index contributed by atoms with van der Waals surface area (Å²) >= 11 is 0. The Bertz CT molecular complexity index is 826. The number of rotatable bonds is 5. The lowest BCUT2D eigenvalue weighted by Crippen LogP contribution is -2.50. The molecule has 0 bridgehead atoms. The van der Waals surface area contributed by atoms with Gasteiger partial charge in [-0.15, -0.1) is 0 Å². The van der Waals surface area contributed by atoms with Gasteiger partial charge in [0, 0.05) is 11.1 Å². The molecule has 1 unspecified atom stereocenters. The van der Waals surface area contributed by atoms with Crippen LogP contribution in [0.5, 0.6) is 0 Å². The van der Waals surface area contributed by atoms with Gasteiger partial charge in [-0.1, -0.05) is 30.3 Å². The van der Waals surface area contributed by atoms with E-state index in [1.165, 1.54) is 0 Å². The fraction of sp³-hybridized carbons (Fsp3) is 0.286. The Hall–Kier alpha value is -3.15. The SMILES string of the molecule is CC(NC(=O)c1ccccc1NC(=O)c1ccccc1)C(=O)NC(C)(C)C. The van der Waals surface area contributed by atoms with E-state index in [1.807, 2.05) is 26.8 Å². The molecule has 0 saturated carbocycles. The van der Waals surface area contributed by atoms with Crippen molar-refractivity contribution in [2.45, 2.75) is 39.3 Å². The summed E-state index contributed by atoms with van der Waals surface area (Å²) in [6.07, 6.45) is 0. The maximum Gasteiger partial charge on any atom is 0.255 e. The van der Waals surface area contributed by atoms with E-state index >= 15 is 0 Å². The number of para-hydroxylation sites is 1. The maximum absolute atomic E-state index is 12.6. The van der Waals surface area contributed by atoms with Gasteiger partial charge in [0.25, 0.3) is 11.8 Å². The molecule has 27 heavy (non-hydrogen) atoms.